The second-order valence-corrected chi connectivity index (χ2v) is 5.89. The van der Waals surface area contributed by atoms with Crippen LogP contribution in [0, 0.1) is 0 Å². The Balaban J connectivity index is 1.81. The minimum absolute atomic E-state index is 0.0556. The Morgan fingerprint density at radius 3 is 2.92 bits per heavy atom. The highest BCUT2D eigenvalue weighted by molar-refractivity contribution is 7.22. The van der Waals surface area contributed by atoms with Gasteiger partial charge in [-0.15, -0.1) is 0 Å². The van der Waals surface area contributed by atoms with Gasteiger partial charge in [0.05, 0.1) is 16.8 Å². The SMILES string of the molecule is CNC(=O)c1cc(Oc2ccc3nc(NCCO)sc3c2)ccn1. The van der Waals surface area contributed by atoms with E-state index in [0.717, 1.165) is 15.3 Å². The molecule has 0 saturated heterocycles. The Morgan fingerprint density at radius 1 is 1.29 bits per heavy atom. The van der Waals surface area contributed by atoms with Crippen LogP contribution in [0.3, 0.4) is 0 Å². The summed E-state index contributed by atoms with van der Waals surface area (Å²) >= 11 is 1.48. The predicted molar refractivity (Wildman–Crippen MR) is 92.9 cm³/mol. The fraction of sp³-hybridized carbons (Fsp3) is 0.188. The molecule has 0 unspecified atom stereocenters. The summed E-state index contributed by atoms with van der Waals surface area (Å²) in [6, 6.07) is 8.85. The number of aliphatic hydroxyl groups is 1. The molecule has 0 atom stereocenters. The third-order valence-corrected chi connectivity index (χ3v) is 4.15. The van der Waals surface area contributed by atoms with E-state index < -0.39 is 0 Å². The van der Waals surface area contributed by atoms with Crippen LogP contribution < -0.4 is 15.4 Å². The third kappa shape index (κ3) is 3.61. The molecule has 2 heterocycles. The van der Waals surface area contributed by atoms with Crippen molar-refractivity contribution in [3.63, 3.8) is 0 Å². The number of aromatic nitrogens is 2. The first-order chi connectivity index (χ1) is 11.7. The topological polar surface area (TPSA) is 96.4 Å². The number of amides is 1. The Hall–Kier alpha value is -2.71. The Labute approximate surface area is 142 Å². The standard InChI is InChI=1S/C16H16N4O3S/c1-17-15(22)13-8-11(4-5-18-13)23-10-2-3-12-14(9-10)24-16(20-12)19-6-7-21/h2-5,8-9,21H,6-7H2,1H3,(H,17,22)(H,19,20). The van der Waals surface area contributed by atoms with E-state index in [2.05, 4.69) is 20.6 Å². The zero-order valence-corrected chi connectivity index (χ0v) is 13.8. The molecule has 0 bridgehead atoms. The summed E-state index contributed by atoms with van der Waals surface area (Å²) in [5.74, 6) is 0.915. The number of fused-ring (bicyclic) bond motifs is 1. The molecule has 1 aromatic carbocycles. The molecule has 124 valence electrons. The van der Waals surface area contributed by atoms with Crippen molar-refractivity contribution >= 4 is 32.6 Å². The molecule has 0 aliphatic heterocycles. The van der Waals surface area contributed by atoms with E-state index in [1.807, 2.05) is 18.2 Å². The highest BCUT2D eigenvalue weighted by atomic mass is 32.1. The van der Waals surface area contributed by atoms with Gasteiger partial charge in [0.25, 0.3) is 5.91 Å². The van der Waals surface area contributed by atoms with E-state index in [9.17, 15) is 4.79 Å². The molecule has 24 heavy (non-hydrogen) atoms. The third-order valence-electron chi connectivity index (χ3n) is 3.17. The Bertz CT molecular complexity index is 865. The summed E-state index contributed by atoms with van der Waals surface area (Å²) in [6.07, 6.45) is 1.53. The van der Waals surface area contributed by atoms with Crippen LogP contribution in [0.2, 0.25) is 0 Å². The number of pyridine rings is 1. The second-order valence-electron chi connectivity index (χ2n) is 4.86. The van der Waals surface area contributed by atoms with E-state index in [1.54, 1.807) is 19.2 Å². The highest BCUT2D eigenvalue weighted by Gasteiger charge is 2.08. The molecule has 7 nitrogen and oxygen atoms in total. The number of benzene rings is 1. The molecule has 3 N–H and O–H groups in total. The van der Waals surface area contributed by atoms with Crippen LogP contribution >= 0.6 is 11.3 Å². The van der Waals surface area contributed by atoms with Gasteiger partial charge >= 0.3 is 0 Å². The summed E-state index contributed by atoms with van der Waals surface area (Å²) in [5.41, 5.74) is 1.15. The normalized spacial score (nSPS) is 10.6. The van der Waals surface area contributed by atoms with E-state index in [1.165, 1.54) is 17.5 Å². The number of thiazole rings is 1. The van der Waals surface area contributed by atoms with E-state index in [-0.39, 0.29) is 12.5 Å². The quantitative estimate of drug-likeness (QED) is 0.635. The summed E-state index contributed by atoms with van der Waals surface area (Å²) < 4.78 is 6.78. The lowest BCUT2D eigenvalue weighted by Crippen LogP contribution is -2.18. The first-order valence-electron chi connectivity index (χ1n) is 7.31. The van der Waals surface area contributed by atoms with Crippen molar-refractivity contribution in [1.82, 2.24) is 15.3 Å². The number of hydrogen-bond acceptors (Lipinski definition) is 7. The van der Waals surface area contributed by atoms with E-state index in [0.29, 0.717) is 23.7 Å². The van der Waals surface area contributed by atoms with Crippen molar-refractivity contribution in [2.45, 2.75) is 0 Å². The van der Waals surface area contributed by atoms with Crippen molar-refractivity contribution in [2.24, 2.45) is 0 Å². The van der Waals surface area contributed by atoms with Crippen LogP contribution in [0.1, 0.15) is 10.5 Å². The van der Waals surface area contributed by atoms with Gasteiger partial charge in [0.1, 0.15) is 17.2 Å². The fourth-order valence-electron chi connectivity index (χ4n) is 2.07. The molecule has 0 aliphatic carbocycles. The van der Waals surface area contributed by atoms with Gasteiger partial charge in [0, 0.05) is 31.9 Å². The molecule has 0 aliphatic rings. The molecule has 3 rings (SSSR count). The Morgan fingerprint density at radius 2 is 2.12 bits per heavy atom. The van der Waals surface area contributed by atoms with Crippen LogP contribution in [0.4, 0.5) is 5.13 Å². The largest absolute Gasteiger partial charge is 0.457 e. The van der Waals surface area contributed by atoms with Gasteiger partial charge in [-0.2, -0.15) is 0 Å². The van der Waals surface area contributed by atoms with Gasteiger partial charge in [-0.3, -0.25) is 9.78 Å². The van der Waals surface area contributed by atoms with Crippen molar-refractivity contribution in [3.05, 3.63) is 42.2 Å². The molecular weight excluding hydrogens is 328 g/mol. The first-order valence-corrected chi connectivity index (χ1v) is 8.12. The monoisotopic (exact) mass is 344 g/mol. The average Bonchev–Trinajstić information content (AvgIpc) is 3.01. The van der Waals surface area contributed by atoms with Gasteiger partial charge < -0.3 is 20.5 Å². The van der Waals surface area contributed by atoms with Crippen LogP contribution in [0.15, 0.2) is 36.5 Å². The van der Waals surface area contributed by atoms with Crippen LogP contribution in [0.5, 0.6) is 11.5 Å². The number of nitrogens with zero attached hydrogens (tertiary/aromatic N) is 2. The zero-order valence-electron chi connectivity index (χ0n) is 12.9. The van der Waals surface area contributed by atoms with Crippen molar-refractivity contribution in [3.8, 4) is 11.5 Å². The van der Waals surface area contributed by atoms with E-state index in [4.69, 9.17) is 9.84 Å². The number of rotatable bonds is 6. The maximum absolute atomic E-state index is 11.6. The molecule has 8 heteroatoms. The Kier molecular flexibility index (Phi) is 4.88. The zero-order chi connectivity index (χ0) is 16.9. The van der Waals surface area contributed by atoms with Gasteiger partial charge in [-0.1, -0.05) is 11.3 Å². The maximum atomic E-state index is 11.6. The number of carbonyl (C=O) groups excluding carboxylic acids is 1. The molecule has 0 spiro atoms. The highest BCUT2D eigenvalue weighted by Crippen LogP contribution is 2.31. The number of ether oxygens (including phenoxy) is 1. The molecule has 3 aromatic rings. The average molecular weight is 344 g/mol. The van der Waals surface area contributed by atoms with Crippen molar-refractivity contribution in [2.75, 3.05) is 25.5 Å². The molecule has 0 radical (unpaired) electrons. The lowest BCUT2D eigenvalue weighted by atomic mass is 10.3. The lowest BCUT2D eigenvalue weighted by molar-refractivity contribution is 0.0958. The fourth-order valence-corrected chi connectivity index (χ4v) is 2.99. The summed E-state index contributed by atoms with van der Waals surface area (Å²) in [4.78, 5) is 20.1. The van der Waals surface area contributed by atoms with Gasteiger partial charge in [0.15, 0.2) is 5.13 Å². The van der Waals surface area contributed by atoms with Gasteiger partial charge in [0.2, 0.25) is 0 Å². The van der Waals surface area contributed by atoms with Gasteiger partial charge in [-0.25, -0.2) is 4.98 Å². The first kappa shape index (κ1) is 16.2. The minimum Gasteiger partial charge on any atom is -0.457 e. The second kappa shape index (κ2) is 7.24. The number of carbonyl (C=O) groups is 1. The summed E-state index contributed by atoms with van der Waals surface area (Å²) in [5, 5.41) is 15.2. The lowest BCUT2D eigenvalue weighted by Gasteiger charge is -2.06. The molecular formula is C16H16N4O3S. The van der Waals surface area contributed by atoms with Crippen LogP contribution in [-0.4, -0.2) is 41.2 Å². The van der Waals surface area contributed by atoms with Crippen molar-refractivity contribution in [1.29, 1.82) is 0 Å². The number of nitrogens with one attached hydrogen (secondary N) is 2. The molecule has 0 fully saturated rings. The van der Waals surface area contributed by atoms with Crippen molar-refractivity contribution < 1.29 is 14.6 Å². The number of anilines is 1. The van der Waals surface area contributed by atoms with Crippen LogP contribution in [-0.2, 0) is 0 Å². The maximum Gasteiger partial charge on any atom is 0.269 e. The molecule has 2 aromatic heterocycles. The minimum atomic E-state index is -0.266. The number of aliphatic hydroxyl groups excluding tert-OH is 1. The van der Waals surface area contributed by atoms with Gasteiger partial charge in [-0.05, 0) is 18.2 Å². The smallest absolute Gasteiger partial charge is 0.269 e. The number of hydrogen-bond donors (Lipinski definition) is 3. The predicted octanol–water partition coefficient (Wildman–Crippen LogP) is 2.25. The molecule has 1 amide bonds. The van der Waals surface area contributed by atoms with Crippen LogP contribution in [0.25, 0.3) is 10.2 Å². The summed E-state index contributed by atoms with van der Waals surface area (Å²) in [7, 11) is 1.55. The molecule has 0 saturated carbocycles. The van der Waals surface area contributed by atoms with E-state index >= 15 is 0 Å². The summed E-state index contributed by atoms with van der Waals surface area (Å²) in [6.45, 7) is 0.516.